The predicted octanol–water partition coefficient (Wildman–Crippen LogP) is 1.37. The first-order valence-electron chi connectivity index (χ1n) is 6.66. The molecule has 0 spiro atoms. The highest BCUT2D eigenvalue weighted by molar-refractivity contribution is 7.80. The van der Waals surface area contributed by atoms with E-state index in [4.69, 9.17) is 22.7 Å². The Morgan fingerprint density at radius 3 is 2.61 bits per heavy atom. The van der Waals surface area contributed by atoms with Crippen LogP contribution in [0.3, 0.4) is 0 Å². The largest absolute Gasteiger partial charge is 0.392 e. The van der Waals surface area contributed by atoms with Gasteiger partial charge in [-0.25, -0.2) is 0 Å². The van der Waals surface area contributed by atoms with Gasteiger partial charge in [0.2, 0.25) is 5.91 Å². The van der Waals surface area contributed by atoms with Gasteiger partial charge in [0.15, 0.2) is 0 Å². The van der Waals surface area contributed by atoms with Gasteiger partial charge in [0.1, 0.15) is 0 Å². The molecule has 1 aliphatic carbocycles. The van der Waals surface area contributed by atoms with Crippen molar-refractivity contribution in [1.82, 2.24) is 5.32 Å². The molecule has 1 aliphatic heterocycles. The first-order chi connectivity index (χ1) is 8.44. The van der Waals surface area contributed by atoms with E-state index in [-0.39, 0.29) is 18.1 Å². The molecule has 1 saturated carbocycles. The summed E-state index contributed by atoms with van der Waals surface area (Å²) in [5.74, 6) is 0.554. The van der Waals surface area contributed by atoms with Gasteiger partial charge < -0.3 is 15.8 Å². The molecule has 18 heavy (non-hydrogen) atoms. The van der Waals surface area contributed by atoms with Crippen LogP contribution in [0, 0.1) is 11.3 Å². The maximum Gasteiger partial charge on any atom is 0.233 e. The van der Waals surface area contributed by atoms with Gasteiger partial charge in [-0.05, 0) is 38.5 Å². The number of hydrogen-bond acceptors (Lipinski definition) is 3. The average Bonchev–Trinajstić information content (AvgIpc) is 2.23. The van der Waals surface area contributed by atoms with E-state index in [1.807, 2.05) is 6.92 Å². The number of carbonyl (C=O) groups is 1. The Labute approximate surface area is 114 Å². The van der Waals surface area contributed by atoms with Crippen LogP contribution in [0.1, 0.15) is 39.5 Å². The number of rotatable bonds is 3. The second-order valence-electron chi connectivity index (χ2n) is 5.84. The monoisotopic (exact) mass is 270 g/mol. The van der Waals surface area contributed by atoms with Crippen LogP contribution < -0.4 is 11.1 Å². The van der Waals surface area contributed by atoms with Crippen molar-refractivity contribution in [2.45, 2.75) is 51.7 Å². The molecule has 1 saturated heterocycles. The van der Waals surface area contributed by atoms with Gasteiger partial charge in [0, 0.05) is 12.6 Å². The van der Waals surface area contributed by atoms with Crippen molar-refractivity contribution >= 4 is 23.1 Å². The maximum atomic E-state index is 12.4. The molecule has 1 amide bonds. The summed E-state index contributed by atoms with van der Waals surface area (Å²) in [4.78, 5) is 12.7. The molecule has 5 heteroatoms. The Balaban J connectivity index is 1.96. The summed E-state index contributed by atoms with van der Waals surface area (Å²) in [6.07, 6.45) is 3.53. The van der Waals surface area contributed by atoms with E-state index in [1.54, 1.807) is 0 Å². The van der Waals surface area contributed by atoms with Crippen molar-refractivity contribution in [1.29, 1.82) is 0 Å². The zero-order valence-electron chi connectivity index (χ0n) is 11.1. The molecule has 4 nitrogen and oxygen atoms in total. The minimum Gasteiger partial charge on any atom is -0.392 e. The molecule has 0 bridgehead atoms. The fourth-order valence-corrected chi connectivity index (χ4v) is 3.34. The van der Waals surface area contributed by atoms with Crippen LogP contribution in [0.25, 0.3) is 0 Å². The minimum absolute atomic E-state index is 0.0206. The molecule has 2 atom stereocenters. The lowest BCUT2D eigenvalue weighted by molar-refractivity contribution is -0.134. The van der Waals surface area contributed by atoms with Crippen LogP contribution >= 0.6 is 12.2 Å². The van der Waals surface area contributed by atoms with Crippen molar-refractivity contribution < 1.29 is 9.53 Å². The van der Waals surface area contributed by atoms with Gasteiger partial charge in [0.25, 0.3) is 0 Å². The molecule has 102 valence electrons. The van der Waals surface area contributed by atoms with Gasteiger partial charge in [-0.3, -0.25) is 4.79 Å². The molecule has 3 N–H and O–H groups in total. The second kappa shape index (κ2) is 5.13. The lowest BCUT2D eigenvalue weighted by Crippen LogP contribution is -2.58. The van der Waals surface area contributed by atoms with E-state index in [0.29, 0.717) is 17.5 Å². The van der Waals surface area contributed by atoms with Gasteiger partial charge in [0.05, 0.1) is 16.5 Å². The number of amides is 1. The fourth-order valence-electron chi connectivity index (χ4n) is 3.08. The first-order valence-corrected chi connectivity index (χ1v) is 7.07. The summed E-state index contributed by atoms with van der Waals surface area (Å²) in [6.45, 7) is 4.87. The van der Waals surface area contributed by atoms with E-state index in [0.717, 1.165) is 25.7 Å². The Morgan fingerprint density at radius 2 is 2.11 bits per heavy atom. The van der Waals surface area contributed by atoms with Crippen molar-refractivity contribution in [2.75, 3.05) is 6.61 Å². The van der Waals surface area contributed by atoms with E-state index in [9.17, 15) is 4.79 Å². The molecule has 2 aliphatic rings. The molecular weight excluding hydrogens is 248 g/mol. The Kier molecular flexibility index (Phi) is 3.92. The third-order valence-electron chi connectivity index (χ3n) is 4.12. The zero-order chi connectivity index (χ0) is 13.3. The highest BCUT2D eigenvalue weighted by Gasteiger charge is 2.51. The summed E-state index contributed by atoms with van der Waals surface area (Å²) in [5.41, 5.74) is 5.19. The molecule has 0 aromatic rings. The van der Waals surface area contributed by atoms with E-state index in [2.05, 4.69) is 12.2 Å². The van der Waals surface area contributed by atoms with Crippen molar-refractivity contribution in [3.8, 4) is 0 Å². The molecular formula is C13H22N2O2S. The number of ether oxygens (including phenoxy) is 1. The quantitative estimate of drug-likeness (QED) is 0.760. The van der Waals surface area contributed by atoms with Crippen molar-refractivity contribution in [3.63, 3.8) is 0 Å². The lowest BCUT2D eigenvalue weighted by Gasteiger charge is -2.45. The van der Waals surface area contributed by atoms with Crippen LogP contribution in [-0.2, 0) is 9.53 Å². The normalized spacial score (nSPS) is 39.8. The number of nitrogens with one attached hydrogen (secondary N) is 1. The lowest BCUT2D eigenvalue weighted by atomic mass is 9.62. The number of thiocarbonyl (C=S) groups is 1. The highest BCUT2D eigenvalue weighted by atomic mass is 32.1. The highest BCUT2D eigenvalue weighted by Crippen LogP contribution is 2.46. The van der Waals surface area contributed by atoms with E-state index in [1.165, 1.54) is 0 Å². The molecule has 0 aromatic heterocycles. The van der Waals surface area contributed by atoms with Crippen LogP contribution in [0.5, 0.6) is 0 Å². The Hall–Kier alpha value is -0.680. The molecule has 2 unspecified atom stereocenters. The summed E-state index contributed by atoms with van der Waals surface area (Å²) in [7, 11) is 0. The van der Waals surface area contributed by atoms with E-state index < -0.39 is 5.41 Å². The standard InChI is InChI=1S/C13H22N2O2S/c1-8-6-13(7-8,11(14)18)12(16)15-10-3-4-17-9(2)5-10/h8-10H,3-7H2,1-2H3,(H2,14,18)(H,15,16). The second-order valence-corrected chi connectivity index (χ2v) is 6.28. The maximum absolute atomic E-state index is 12.4. The molecule has 2 fully saturated rings. The predicted molar refractivity (Wildman–Crippen MR) is 74.2 cm³/mol. The van der Waals surface area contributed by atoms with Gasteiger partial charge in [-0.2, -0.15) is 0 Å². The summed E-state index contributed by atoms with van der Waals surface area (Å²) < 4.78 is 5.48. The molecule has 1 heterocycles. The number of hydrogen-bond donors (Lipinski definition) is 2. The van der Waals surface area contributed by atoms with Gasteiger partial charge in [-0.15, -0.1) is 0 Å². The summed E-state index contributed by atoms with van der Waals surface area (Å²) in [6, 6.07) is 0.198. The smallest absolute Gasteiger partial charge is 0.233 e. The summed E-state index contributed by atoms with van der Waals surface area (Å²) >= 11 is 5.09. The first kappa shape index (κ1) is 13.7. The molecule has 0 radical (unpaired) electrons. The third kappa shape index (κ3) is 2.52. The third-order valence-corrected chi connectivity index (χ3v) is 4.51. The van der Waals surface area contributed by atoms with Gasteiger partial charge >= 0.3 is 0 Å². The van der Waals surface area contributed by atoms with Crippen molar-refractivity contribution in [3.05, 3.63) is 0 Å². The van der Waals surface area contributed by atoms with Crippen molar-refractivity contribution in [2.24, 2.45) is 17.1 Å². The zero-order valence-corrected chi connectivity index (χ0v) is 11.9. The fraction of sp³-hybridized carbons (Fsp3) is 0.846. The molecule has 2 rings (SSSR count). The molecule has 0 aromatic carbocycles. The van der Waals surface area contributed by atoms with Crippen LogP contribution in [0.4, 0.5) is 0 Å². The summed E-state index contributed by atoms with van der Waals surface area (Å²) in [5, 5.41) is 3.11. The Bertz CT molecular complexity index is 353. The number of carbonyl (C=O) groups excluding carboxylic acids is 1. The van der Waals surface area contributed by atoms with Gasteiger partial charge in [-0.1, -0.05) is 19.1 Å². The average molecular weight is 270 g/mol. The SMILES string of the molecule is CC1CC(C(=O)NC2CCOC(C)C2)(C(N)=S)C1. The van der Waals surface area contributed by atoms with E-state index >= 15 is 0 Å². The van der Waals surface area contributed by atoms with Crippen LogP contribution in [0.2, 0.25) is 0 Å². The van der Waals surface area contributed by atoms with Crippen LogP contribution in [0.15, 0.2) is 0 Å². The van der Waals surface area contributed by atoms with Crippen LogP contribution in [-0.4, -0.2) is 29.6 Å². The topological polar surface area (TPSA) is 64.3 Å². The number of nitrogens with two attached hydrogens (primary N) is 1. The minimum atomic E-state index is -0.587. The Morgan fingerprint density at radius 1 is 1.44 bits per heavy atom.